The highest BCUT2D eigenvalue weighted by Gasteiger charge is 2.41. The van der Waals surface area contributed by atoms with Crippen molar-refractivity contribution in [3.63, 3.8) is 0 Å². The Morgan fingerprint density at radius 2 is 1.68 bits per heavy atom. The Morgan fingerprint density at radius 1 is 1.11 bits per heavy atom. The van der Waals surface area contributed by atoms with Crippen LogP contribution in [0.2, 0.25) is 0 Å². The quantitative estimate of drug-likeness (QED) is 0.755. The van der Waals surface area contributed by atoms with E-state index in [-0.39, 0.29) is 5.54 Å². The van der Waals surface area contributed by atoms with Crippen LogP contribution in [-0.2, 0) is 0 Å². The Labute approximate surface area is 121 Å². The van der Waals surface area contributed by atoms with Crippen molar-refractivity contribution in [2.75, 3.05) is 13.1 Å². The predicted octanol–water partition coefficient (Wildman–Crippen LogP) is 4.04. The fourth-order valence-corrected chi connectivity index (χ4v) is 4.29. The lowest BCUT2D eigenvalue weighted by atomic mass is 9.68. The van der Waals surface area contributed by atoms with Gasteiger partial charge in [-0.2, -0.15) is 0 Å². The van der Waals surface area contributed by atoms with Crippen LogP contribution in [-0.4, -0.2) is 29.6 Å². The molecule has 4 atom stereocenters. The zero-order valence-electron chi connectivity index (χ0n) is 13.9. The standard InChI is InChI=1S/C17H36N2/c1-6-14-12-10-11-13-15(14)16(18)17(5,7-2)19(8-3)9-4/h14-16H,6-13,18H2,1-5H3. The molecule has 1 aliphatic rings. The molecule has 0 aliphatic heterocycles. The van der Waals surface area contributed by atoms with E-state index in [0.29, 0.717) is 6.04 Å². The summed E-state index contributed by atoms with van der Waals surface area (Å²) in [4.78, 5) is 2.58. The van der Waals surface area contributed by atoms with E-state index in [1.807, 2.05) is 0 Å². The second kappa shape index (κ2) is 7.64. The summed E-state index contributed by atoms with van der Waals surface area (Å²) < 4.78 is 0. The number of likely N-dealkylation sites (N-methyl/N-ethyl adjacent to an activating group) is 1. The Morgan fingerprint density at radius 3 is 2.16 bits per heavy atom. The molecule has 2 nitrogen and oxygen atoms in total. The number of rotatable bonds is 7. The third-order valence-electron chi connectivity index (χ3n) is 5.87. The van der Waals surface area contributed by atoms with Crippen molar-refractivity contribution >= 4 is 0 Å². The number of nitrogens with two attached hydrogens (primary N) is 1. The van der Waals surface area contributed by atoms with Crippen molar-refractivity contribution in [2.45, 2.75) is 84.7 Å². The molecule has 0 amide bonds. The van der Waals surface area contributed by atoms with Crippen LogP contribution in [0.5, 0.6) is 0 Å². The Hall–Kier alpha value is -0.0800. The van der Waals surface area contributed by atoms with Gasteiger partial charge >= 0.3 is 0 Å². The fraction of sp³-hybridized carbons (Fsp3) is 1.00. The molecule has 2 N–H and O–H groups in total. The summed E-state index contributed by atoms with van der Waals surface area (Å²) >= 11 is 0. The summed E-state index contributed by atoms with van der Waals surface area (Å²) in [5, 5.41) is 0. The summed E-state index contributed by atoms with van der Waals surface area (Å²) in [5.74, 6) is 1.58. The molecule has 1 rings (SSSR count). The van der Waals surface area contributed by atoms with Crippen molar-refractivity contribution < 1.29 is 0 Å². The molecule has 0 aromatic heterocycles. The van der Waals surface area contributed by atoms with Crippen LogP contribution in [0.1, 0.15) is 73.1 Å². The van der Waals surface area contributed by atoms with Gasteiger partial charge in [-0.3, -0.25) is 4.90 Å². The van der Waals surface area contributed by atoms with Crippen LogP contribution in [0.3, 0.4) is 0 Å². The van der Waals surface area contributed by atoms with Crippen molar-refractivity contribution in [1.82, 2.24) is 4.90 Å². The van der Waals surface area contributed by atoms with Gasteiger partial charge in [0.2, 0.25) is 0 Å². The number of hydrogen-bond acceptors (Lipinski definition) is 2. The van der Waals surface area contributed by atoms with Crippen molar-refractivity contribution in [3.05, 3.63) is 0 Å². The maximum Gasteiger partial charge on any atom is 0.0332 e. The Balaban J connectivity index is 2.89. The highest BCUT2D eigenvalue weighted by molar-refractivity contribution is 4.99. The van der Waals surface area contributed by atoms with E-state index in [1.54, 1.807) is 0 Å². The average Bonchev–Trinajstić information content (AvgIpc) is 2.47. The van der Waals surface area contributed by atoms with Gasteiger partial charge in [-0.25, -0.2) is 0 Å². The summed E-state index contributed by atoms with van der Waals surface area (Å²) in [6.45, 7) is 13.8. The maximum absolute atomic E-state index is 6.81. The van der Waals surface area contributed by atoms with E-state index in [0.717, 1.165) is 31.3 Å². The molecule has 0 aromatic rings. The minimum Gasteiger partial charge on any atom is -0.326 e. The van der Waals surface area contributed by atoms with E-state index in [1.165, 1.54) is 32.1 Å². The Kier molecular flexibility index (Phi) is 6.82. The first-order valence-corrected chi connectivity index (χ1v) is 8.55. The van der Waals surface area contributed by atoms with E-state index in [2.05, 4.69) is 39.5 Å². The van der Waals surface area contributed by atoms with Gasteiger partial charge in [0.1, 0.15) is 0 Å². The molecule has 0 radical (unpaired) electrons. The molecule has 2 heteroatoms. The van der Waals surface area contributed by atoms with Crippen molar-refractivity contribution in [1.29, 1.82) is 0 Å². The number of hydrogen-bond donors (Lipinski definition) is 1. The molecular weight excluding hydrogens is 232 g/mol. The van der Waals surface area contributed by atoms with Crippen LogP contribution in [0, 0.1) is 11.8 Å². The minimum absolute atomic E-state index is 0.166. The minimum atomic E-state index is 0.166. The van der Waals surface area contributed by atoms with Gasteiger partial charge in [0.25, 0.3) is 0 Å². The summed E-state index contributed by atoms with van der Waals surface area (Å²) in [5.41, 5.74) is 6.98. The molecule has 0 heterocycles. The normalized spacial score (nSPS) is 29.2. The van der Waals surface area contributed by atoms with Crippen molar-refractivity contribution in [3.8, 4) is 0 Å². The average molecular weight is 268 g/mol. The second-order valence-electron chi connectivity index (χ2n) is 6.53. The number of nitrogens with zero attached hydrogens (tertiary/aromatic N) is 1. The molecule has 0 spiro atoms. The third kappa shape index (κ3) is 3.52. The highest BCUT2D eigenvalue weighted by Crippen LogP contribution is 2.39. The molecule has 1 saturated carbocycles. The first kappa shape index (κ1) is 17.0. The maximum atomic E-state index is 6.81. The van der Waals surface area contributed by atoms with E-state index < -0.39 is 0 Å². The summed E-state index contributed by atoms with van der Waals surface area (Å²) in [6, 6.07) is 0.322. The van der Waals surface area contributed by atoms with Crippen LogP contribution >= 0.6 is 0 Å². The molecule has 0 aromatic carbocycles. The third-order valence-corrected chi connectivity index (χ3v) is 5.87. The van der Waals surface area contributed by atoms with Gasteiger partial charge in [0, 0.05) is 11.6 Å². The molecule has 0 saturated heterocycles. The second-order valence-corrected chi connectivity index (χ2v) is 6.53. The monoisotopic (exact) mass is 268 g/mol. The molecule has 4 unspecified atom stereocenters. The SMILES string of the molecule is CCC1CCCCC1C(N)C(C)(CC)N(CC)CC. The van der Waals surface area contributed by atoms with Crippen LogP contribution in [0.4, 0.5) is 0 Å². The lowest BCUT2D eigenvalue weighted by molar-refractivity contribution is 0.0354. The van der Waals surface area contributed by atoms with E-state index >= 15 is 0 Å². The summed E-state index contributed by atoms with van der Waals surface area (Å²) in [6.07, 6.45) is 7.99. The van der Waals surface area contributed by atoms with Crippen LogP contribution in [0.25, 0.3) is 0 Å². The lowest BCUT2D eigenvalue weighted by Crippen LogP contribution is -2.61. The van der Waals surface area contributed by atoms with E-state index in [4.69, 9.17) is 5.73 Å². The van der Waals surface area contributed by atoms with Gasteiger partial charge in [0.15, 0.2) is 0 Å². The topological polar surface area (TPSA) is 29.3 Å². The van der Waals surface area contributed by atoms with Crippen LogP contribution in [0.15, 0.2) is 0 Å². The molecule has 114 valence electrons. The Bertz CT molecular complexity index is 250. The zero-order chi connectivity index (χ0) is 14.5. The molecule has 19 heavy (non-hydrogen) atoms. The van der Waals surface area contributed by atoms with E-state index in [9.17, 15) is 0 Å². The predicted molar refractivity (Wildman–Crippen MR) is 85.3 cm³/mol. The van der Waals surface area contributed by atoms with Crippen LogP contribution < -0.4 is 5.73 Å². The highest BCUT2D eigenvalue weighted by atomic mass is 15.2. The van der Waals surface area contributed by atoms with Gasteiger partial charge in [-0.15, -0.1) is 0 Å². The van der Waals surface area contributed by atoms with Gasteiger partial charge < -0.3 is 5.73 Å². The summed E-state index contributed by atoms with van der Waals surface area (Å²) in [7, 11) is 0. The first-order chi connectivity index (χ1) is 9.04. The van der Waals surface area contributed by atoms with Crippen molar-refractivity contribution in [2.24, 2.45) is 17.6 Å². The molecule has 0 bridgehead atoms. The first-order valence-electron chi connectivity index (χ1n) is 8.55. The fourth-order valence-electron chi connectivity index (χ4n) is 4.29. The largest absolute Gasteiger partial charge is 0.326 e. The molecule has 1 fully saturated rings. The zero-order valence-corrected chi connectivity index (χ0v) is 13.9. The molecular formula is C17H36N2. The smallest absolute Gasteiger partial charge is 0.0332 e. The van der Waals surface area contributed by atoms with Gasteiger partial charge in [0.05, 0.1) is 0 Å². The van der Waals surface area contributed by atoms with Gasteiger partial charge in [-0.05, 0) is 44.7 Å². The lowest BCUT2D eigenvalue weighted by Gasteiger charge is -2.49. The molecule has 1 aliphatic carbocycles. The van der Waals surface area contributed by atoms with Gasteiger partial charge in [-0.1, -0.05) is 53.4 Å².